The number of nitro groups is 1. The number of benzene rings is 5. The van der Waals surface area contributed by atoms with E-state index in [-0.39, 0.29) is 33.9 Å². The number of nitrogens with zero attached hydrogens (tertiary/aromatic N) is 1. The van der Waals surface area contributed by atoms with E-state index in [2.05, 4.69) is 135 Å². The van der Waals surface area contributed by atoms with Crippen molar-refractivity contribution in [1.82, 2.24) is 0 Å². The molecule has 5 nitrogen and oxygen atoms in total. The van der Waals surface area contributed by atoms with Gasteiger partial charge in [0.25, 0.3) is 5.69 Å². The minimum absolute atomic E-state index is 0.112. The number of thiophene rings is 2. The van der Waals surface area contributed by atoms with Crippen LogP contribution in [0.25, 0.3) is 21.2 Å². The Labute approximate surface area is 379 Å². The van der Waals surface area contributed by atoms with Gasteiger partial charge in [0, 0.05) is 26.8 Å². The Bertz CT molecular complexity index is 2460. The maximum atomic E-state index is 12.7. The molecule has 0 radical (unpaired) electrons. The first kappa shape index (κ1) is 49.6. The molecule has 1 aliphatic heterocycles. The number of ether oxygens (including phenoxy) is 2. The first-order chi connectivity index (χ1) is 29.4. The second kappa shape index (κ2) is 23.4. The van der Waals surface area contributed by atoms with Crippen LogP contribution in [0, 0.1) is 10.1 Å². The number of alkyl halides is 2. The summed E-state index contributed by atoms with van der Waals surface area (Å²) in [6.07, 6.45) is -3.52. The van der Waals surface area contributed by atoms with E-state index < -0.39 is 6.29 Å². The molecule has 2 aromatic heterocycles. The number of nitro benzene ring substituents is 1. The second-order valence-electron chi connectivity index (χ2n) is 16.2. The lowest BCUT2D eigenvalue weighted by atomic mass is 9.93. The summed E-state index contributed by atoms with van der Waals surface area (Å²) in [6, 6.07) is 41.5. The third-order valence-electron chi connectivity index (χ3n) is 9.81. The van der Waals surface area contributed by atoms with Crippen LogP contribution in [-0.4, -0.2) is 11.2 Å². The standard InChI is InChI=1S/C15H16.C11H12S.C10H10F2O2.C9H11NO2.C7H9ClS/c1-12(2)14-10-6-7-11-15(14)13-8-4-3-5-9-13;1-8(2)10-7-12-11-6-4-3-5-9(10)11;1-6(2)7-4-3-5-8-9(7)14-10(11,12)13-8;1-7(2)8-5-3-4-6-9(8)10(11)12;1-5(2)7-6(8)3-4-9-7/h3-12H,1-2H3;3-8H,1-2H3;3-6H,1-2H3;3-7H,1-2H3;3-5H,1-2H3. The normalized spacial score (nSPS) is 12.2. The van der Waals surface area contributed by atoms with Crippen molar-refractivity contribution in [2.45, 2.75) is 105 Å². The molecule has 3 heterocycles. The molecule has 0 saturated heterocycles. The summed E-state index contributed by atoms with van der Waals surface area (Å²) >= 11 is 9.41. The highest BCUT2D eigenvalue weighted by atomic mass is 35.5. The molecule has 1 aliphatic rings. The lowest BCUT2D eigenvalue weighted by Gasteiger charge is -2.12. The molecular formula is C52H58ClF2NO4S2. The van der Waals surface area contributed by atoms with Crippen LogP contribution in [-0.2, 0) is 0 Å². The summed E-state index contributed by atoms with van der Waals surface area (Å²) < 4.78 is 35.6. The van der Waals surface area contributed by atoms with Gasteiger partial charge >= 0.3 is 6.29 Å². The Hall–Kier alpha value is -5.09. The second-order valence-corrected chi connectivity index (χ2v) is 18.5. The minimum atomic E-state index is -3.52. The van der Waals surface area contributed by atoms with E-state index in [1.807, 2.05) is 56.5 Å². The molecule has 0 aliphatic carbocycles. The zero-order valence-electron chi connectivity index (χ0n) is 37.2. The highest BCUT2D eigenvalue weighted by molar-refractivity contribution is 7.17. The van der Waals surface area contributed by atoms with Gasteiger partial charge in [-0.15, -0.1) is 31.5 Å². The molecule has 0 spiro atoms. The van der Waals surface area contributed by atoms with Gasteiger partial charge in [0.15, 0.2) is 11.5 Å². The van der Waals surface area contributed by atoms with Gasteiger partial charge in [0.1, 0.15) is 0 Å². The minimum Gasteiger partial charge on any atom is -0.395 e. The highest BCUT2D eigenvalue weighted by Crippen LogP contribution is 2.45. The Morgan fingerprint density at radius 2 is 1.13 bits per heavy atom. The molecule has 0 saturated carbocycles. The monoisotopic (exact) mass is 897 g/mol. The first-order valence-corrected chi connectivity index (χ1v) is 23.0. The average Bonchev–Trinajstić information content (AvgIpc) is 3.97. The van der Waals surface area contributed by atoms with Crippen LogP contribution in [0.3, 0.4) is 0 Å². The number of hydrogen-bond acceptors (Lipinski definition) is 6. The fourth-order valence-electron chi connectivity index (χ4n) is 6.63. The molecule has 0 bridgehead atoms. The highest BCUT2D eigenvalue weighted by Gasteiger charge is 2.44. The van der Waals surface area contributed by atoms with Crippen molar-refractivity contribution in [2.75, 3.05) is 0 Å². The van der Waals surface area contributed by atoms with Gasteiger partial charge in [-0.2, -0.15) is 0 Å². The number of halogens is 3. The van der Waals surface area contributed by atoms with Crippen LogP contribution >= 0.6 is 34.3 Å². The molecule has 328 valence electrons. The number of fused-ring (bicyclic) bond motifs is 2. The summed E-state index contributed by atoms with van der Waals surface area (Å²) in [5.41, 5.74) is 7.31. The number of para-hydroxylation sites is 2. The summed E-state index contributed by atoms with van der Waals surface area (Å²) in [5, 5.41) is 17.2. The summed E-state index contributed by atoms with van der Waals surface area (Å²) in [4.78, 5) is 11.5. The Morgan fingerprint density at radius 1 is 0.581 bits per heavy atom. The van der Waals surface area contributed by atoms with Crippen molar-refractivity contribution in [2.24, 2.45) is 0 Å². The topological polar surface area (TPSA) is 61.6 Å². The van der Waals surface area contributed by atoms with Crippen LogP contribution in [0.2, 0.25) is 5.02 Å². The smallest absolute Gasteiger partial charge is 0.395 e. The van der Waals surface area contributed by atoms with Crippen LogP contribution in [0.4, 0.5) is 14.5 Å². The van der Waals surface area contributed by atoms with Crippen LogP contribution in [0.5, 0.6) is 11.5 Å². The first-order valence-electron chi connectivity index (χ1n) is 20.9. The number of hydrogen-bond donors (Lipinski definition) is 0. The van der Waals surface area contributed by atoms with Crippen molar-refractivity contribution in [3.63, 3.8) is 0 Å². The van der Waals surface area contributed by atoms with E-state index >= 15 is 0 Å². The molecule has 8 rings (SSSR count). The predicted molar refractivity (Wildman–Crippen MR) is 259 cm³/mol. The van der Waals surface area contributed by atoms with Gasteiger partial charge in [-0.3, -0.25) is 10.1 Å². The van der Waals surface area contributed by atoms with Crippen LogP contribution in [0.1, 0.15) is 126 Å². The molecule has 0 amide bonds. The Morgan fingerprint density at radius 3 is 1.68 bits per heavy atom. The van der Waals surface area contributed by atoms with E-state index in [0.29, 0.717) is 17.8 Å². The molecule has 0 fully saturated rings. The van der Waals surface area contributed by atoms with Crippen LogP contribution in [0.15, 0.2) is 138 Å². The SMILES string of the molecule is CC(C)c1cccc2c1OC(F)(F)O2.CC(C)c1ccccc1-c1ccccc1.CC(C)c1ccccc1[N+](=O)[O-].CC(C)c1csc2ccccc12.CC(C)c1sccc1Cl. The Kier molecular flexibility index (Phi) is 18.7. The van der Waals surface area contributed by atoms with Gasteiger partial charge in [-0.25, -0.2) is 0 Å². The molecule has 0 atom stereocenters. The van der Waals surface area contributed by atoms with Gasteiger partial charge in [-0.05, 0) is 86.2 Å². The maximum Gasteiger partial charge on any atom is 0.586 e. The molecule has 7 aromatic rings. The van der Waals surface area contributed by atoms with E-state index in [4.69, 9.17) is 11.6 Å². The number of rotatable bonds is 7. The molecule has 10 heteroatoms. The molecule has 0 unspecified atom stereocenters. The lowest BCUT2D eigenvalue weighted by molar-refractivity contribution is -0.385. The summed E-state index contributed by atoms with van der Waals surface area (Å²) in [6.45, 7) is 21.0. The lowest BCUT2D eigenvalue weighted by Crippen LogP contribution is -2.26. The maximum absolute atomic E-state index is 12.7. The fourth-order valence-corrected chi connectivity index (χ4v) is 9.05. The van der Waals surface area contributed by atoms with E-state index in [1.165, 1.54) is 49.3 Å². The third kappa shape index (κ3) is 14.0. The van der Waals surface area contributed by atoms with Gasteiger partial charge in [-0.1, -0.05) is 184 Å². The van der Waals surface area contributed by atoms with Crippen molar-refractivity contribution >= 4 is 50.0 Å². The summed E-state index contributed by atoms with van der Waals surface area (Å²) in [7, 11) is 0. The van der Waals surface area contributed by atoms with Crippen molar-refractivity contribution in [1.29, 1.82) is 0 Å². The van der Waals surface area contributed by atoms with Crippen molar-refractivity contribution in [3.8, 4) is 22.6 Å². The van der Waals surface area contributed by atoms with Gasteiger partial charge in [0.05, 0.1) is 9.95 Å². The zero-order valence-corrected chi connectivity index (χ0v) is 39.6. The average molecular weight is 899 g/mol. The largest absolute Gasteiger partial charge is 0.586 e. The summed E-state index contributed by atoms with van der Waals surface area (Å²) in [5.74, 6) is 2.38. The van der Waals surface area contributed by atoms with E-state index in [1.54, 1.807) is 35.6 Å². The van der Waals surface area contributed by atoms with E-state index in [0.717, 1.165) is 16.1 Å². The van der Waals surface area contributed by atoms with Crippen molar-refractivity contribution in [3.05, 3.63) is 180 Å². The third-order valence-corrected chi connectivity index (χ3v) is 12.4. The van der Waals surface area contributed by atoms with Crippen molar-refractivity contribution < 1.29 is 23.2 Å². The molecule has 62 heavy (non-hydrogen) atoms. The Balaban J connectivity index is 0.000000172. The van der Waals surface area contributed by atoms with Gasteiger partial charge in [0.2, 0.25) is 0 Å². The van der Waals surface area contributed by atoms with Gasteiger partial charge < -0.3 is 9.47 Å². The molecule has 5 aromatic carbocycles. The fraction of sp³-hybridized carbons (Fsp3) is 0.308. The molecular weight excluding hydrogens is 840 g/mol. The predicted octanol–water partition coefficient (Wildman–Crippen LogP) is 17.9. The zero-order chi connectivity index (χ0) is 45.6. The molecule has 0 N–H and O–H groups in total. The van der Waals surface area contributed by atoms with Crippen LogP contribution < -0.4 is 9.47 Å². The van der Waals surface area contributed by atoms with E-state index in [9.17, 15) is 18.9 Å². The quantitative estimate of drug-likeness (QED) is 0.118.